The lowest BCUT2D eigenvalue weighted by Gasteiger charge is -2.26. The molecule has 2 aliphatic rings. The van der Waals surface area contributed by atoms with Crippen LogP contribution in [-0.4, -0.2) is 17.8 Å². The Balaban J connectivity index is 1.74. The highest BCUT2D eigenvalue weighted by Crippen LogP contribution is 2.30. The molecule has 1 aliphatic carbocycles. The van der Waals surface area contributed by atoms with Crippen molar-refractivity contribution < 1.29 is 14.4 Å². The zero-order valence-electron chi connectivity index (χ0n) is 13.5. The highest BCUT2D eigenvalue weighted by molar-refractivity contribution is 9.10. The van der Waals surface area contributed by atoms with Gasteiger partial charge in [0, 0.05) is 4.47 Å². The molecule has 0 radical (unpaired) electrons. The molecule has 128 valence electrons. The first-order valence-electron chi connectivity index (χ1n) is 8.00. The van der Waals surface area contributed by atoms with Crippen molar-refractivity contribution in [1.29, 1.82) is 0 Å². The van der Waals surface area contributed by atoms with Gasteiger partial charge in [-0.15, -0.1) is 0 Å². The number of carbonyl (C=O) groups excluding carboxylic acids is 3. The monoisotopic (exact) mass is 408 g/mol. The van der Waals surface area contributed by atoms with Gasteiger partial charge in [0.25, 0.3) is 11.8 Å². The summed E-state index contributed by atoms with van der Waals surface area (Å²) in [5, 5.41) is 2.24. The van der Waals surface area contributed by atoms with Gasteiger partial charge in [-0.1, -0.05) is 52.3 Å². The molecule has 1 N–H and O–H groups in total. The molecule has 0 unspecified atom stereocenters. The second kappa shape index (κ2) is 6.38. The zero-order chi connectivity index (χ0) is 18.3. The molecule has 1 fully saturated rings. The first kappa shape index (κ1) is 16.5. The number of rotatable bonds is 2. The fraction of sp³-hybridized carbons (Fsp3) is 0.0500. The van der Waals surface area contributed by atoms with E-state index >= 15 is 0 Å². The van der Waals surface area contributed by atoms with Crippen LogP contribution in [0.5, 0.6) is 0 Å². The molecule has 2 aromatic rings. The molecular weight excluding hydrogens is 396 g/mol. The summed E-state index contributed by atoms with van der Waals surface area (Å²) in [5.74, 6) is -1.32. The van der Waals surface area contributed by atoms with Crippen LogP contribution in [0.1, 0.15) is 11.1 Å². The van der Waals surface area contributed by atoms with Crippen LogP contribution in [0.3, 0.4) is 0 Å². The number of anilines is 1. The standard InChI is InChI=1S/C20H13BrN2O3/c21-14-5-3-6-15(11-14)23-19(25)17(18(24)22-20(23)26)10-13-9-8-12-4-1-2-7-16(12)13/h1-7,9-11H,8H2,(H,22,24,26)/b17-10+. The summed E-state index contributed by atoms with van der Waals surface area (Å²) in [6.07, 6.45) is 4.28. The molecule has 0 aromatic heterocycles. The van der Waals surface area contributed by atoms with Gasteiger partial charge in [0.1, 0.15) is 5.57 Å². The number of hydrogen-bond acceptors (Lipinski definition) is 3. The molecule has 0 atom stereocenters. The van der Waals surface area contributed by atoms with Gasteiger partial charge in [0.2, 0.25) is 0 Å². The van der Waals surface area contributed by atoms with Crippen LogP contribution >= 0.6 is 15.9 Å². The number of allylic oxidation sites excluding steroid dienone is 3. The first-order valence-corrected chi connectivity index (χ1v) is 8.79. The third kappa shape index (κ3) is 2.78. The molecule has 6 heteroatoms. The third-order valence-corrected chi connectivity index (χ3v) is 4.83. The molecule has 0 spiro atoms. The summed E-state index contributed by atoms with van der Waals surface area (Å²) >= 11 is 3.32. The van der Waals surface area contributed by atoms with Crippen molar-refractivity contribution in [3.63, 3.8) is 0 Å². The van der Waals surface area contributed by atoms with Crippen LogP contribution in [0.15, 0.2) is 70.7 Å². The van der Waals surface area contributed by atoms with Crippen LogP contribution in [0.2, 0.25) is 0 Å². The summed E-state index contributed by atoms with van der Waals surface area (Å²) in [6.45, 7) is 0. The van der Waals surface area contributed by atoms with E-state index in [0.29, 0.717) is 5.69 Å². The molecule has 26 heavy (non-hydrogen) atoms. The quantitative estimate of drug-likeness (QED) is 0.609. The molecule has 4 rings (SSSR count). The van der Waals surface area contributed by atoms with Crippen LogP contribution in [-0.2, 0) is 16.0 Å². The summed E-state index contributed by atoms with van der Waals surface area (Å²) in [5.41, 5.74) is 3.27. The first-order chi connectivity index (χ1) is 12.5. The van der Waals surface area contributed by atoms with Crippen LogP contribution in [0, 0.1) is 0 Å². The number of nitrogens with zero attached hydrogens (tertiary/aromatic N) is 1. The lowest BCUT2D eigenvalue weighted by atomic mass is 10.0. The van der Waals surface area contributed by atoms with Crippen molar-refractivity contribution >= 4 is 45.0 Å². The Morgan fingerprint density at radius 2 is 1.85 bits per heavy atom. The summed E-state index contributed by atoms with van der Waals surface area (Å²) < 4.78 is 0.727. The Morgan fingerprint density at radius 3 is 2.65 bits per heavy atom. The van der Waals surface area contributed by atoms with E-state index in [2.05, 4.69) is 21.2 Å². The number of hydrogen-bond donors (Lipinski definition) is 1. The lowest BCUT2D eigenvalue weighted by Crippen LogP contribution is -2.54. The molecule has 4 amide bonds. The van der Waals surface area contributed by atoms with Crippen molar-refractivity contribution in [2.75, 3.05) is 4.90 Å². The maximum atomic E-state index is 12.9. The minimum Gasteiger partial charge on any atom is -0.273 e. The number of fused-ring (bicyclic) bond motifs is 1. The second-order valence-corrected chi connectivity index (χ2v) is 6.87. The average Bonchev–Trinajstić information content (AvgIpc) is 3.01. The number of nitrogens with one attached hydrogen (secondary N) is 1. The van der Waals surface area contributed by atoms with E-state index in [-0.39, 0.29) is 5.57 Å². The Kier molecular flexibility index (Phi) is 4.05. The van der Waals surface area contributed by atoms with Crippen LogP contribution in [0.25, 0.3) is 5.57 Å². The molecule has 1 aliphatic heterocycles. The maximum absolute atomic E-state index is 12.9. The van der Waals surface area contributed by atoms with E-state index in [1.807, 2.05) is 30.3 Å². The number of amides is 4. The number of carbonyl (C=O) groups is 3. The summed E-state index contributed by atoms with van der Waals surface area (Å²) in [4.78, 5) is 38.4. The van der Waals surface area contributed by atoms with Crippen molar-refractivity contribution in [3.05, 3.63) is 81.9 Å². The second-order valence-electron chi connectivity index (χ2n) is 5.96. The van der Waals surface area contributed by atoms with Crippen LogP contribution < -0.4 is 10.2 Å². The summed E-state index contributed by atoms with van der Waals surface area (Å²) in [7, 11) is 0. The highest BCUT2D eigenvalue weighted by Gasteiger charge is 2.37. The van der Waals surface area contributed by atoms with Crippen molar-refractivity contribution in [2.24, 2.45) is 0 Å². The number of urea groups is 1. The normalized spacial score (nSPS) is 18.0. The van der Waals surface area contributed by atoms with Crippen molar-refractivity contribution in [1.82, 2.24) is 5.32 Å². The molecule has 1 saturated heterocycles. The van der Waals surface area contributed by atoms with Gasteiger partial charge in [-0.25, -0.2) is 9.69 Å². The average molecular weight is 409 g/mol. The predicted octanol–water partition coefficient (Wildman–Crippen LogP) is 3.60. The molecule has 2 aromatic carbocycles. The van der Waals surface area contributed by atoms with E-state index < -0.39 is 17.8 Å². The molecule has 0 saturated carbocycles. The topological polar surface area (TPSA) is 66.5 Å². The Bertz CT molecular complexity index is 1020. The molecule has 5 nitrogen and oxygen atoms in total. The van der Waals surface area contributed by atoms with Crippen molar-refractivity contribution in [3.8, 4) is 0 Å². The number of halogens is 1. The van der Waals surface area contributed by atoms with Crippen molar-refractivity contribution in [2.45, 2.75) is 6.42 Å². The van der Waals surface area contributed by atoms with Gasteiger partial charge in [0.05, 0.1) is 5.69 Å². The Hall–Kier alpha value is -2.99. The lowest BCUT2D eigenvalue weighted by molar-refractivity contribution is -0.122. The van der Waals surface area contributed by atoms with Gasteiger partial charge < -0.3 is 0 Å². The molecule has 0 bridgehead atoms. The van der Waals surface area contributed by atoms with Gasteiger partial charge in [-0.2, -0.15) is 0 Å². The fourth-order valence-electron chi connectivity index (χ4n) is 3.11. The van der Waals surface area contributed by atoms with E-state index in [1.165, 1.54) is 0 Å². The fourth-order valence-corrected chi connectivity index (χ4v) is 3.50. The van der Waals surface area contributed by atoms with Gasteiger partial charge >= 0.3 is 6.03 Å². The SMILES string of the molecule is O=C1NC(=O)N(c2cccc(Br)c2)C(=O)/C1=C/C1=CCc2ccccc21. The molecular formula is C20H13BrN2O3. The van der Waals surface area contributed by atoms with Gasteiger partial charge in [0.15, 0.2) is 0 Å². The maximum Gasteiger partial charge on any atom is 0.335 e. The van der Waals surface area contributed by atoms with E-state index in [1.54, 1.807) is 30.3 Å². The minimum atomic E-state index is -0.754. The Morgan fingerprint density at radius 1 is 1.04 bits per heavy atom. The van der Waals surface area contributed by atoms with Crippen LogP contribution in [0.4, 0.5) is 10.5 Å². The third-order valence-electron chi connectivity index (χ3n) is 4.34. The van der Waals surface area contributed by atoms with Gasteiger partial charge in [-0.05, 0) is 47.4 Å². The summed E-state index contributed by atoms with van der Waals surface area (Å²) in [6, 6.07) is 13.9. The predicted molar refractivity (Wildman–Crippen MR) is 101 cm³/mol. The van der Waals surface area contributed by atoms with E-state index in [0.717, 1.165) is 32.5 Å². The van der Waals surface area contributed by atoms with E-state index in [9.17, 15) is 14.4 Å². The number of benzene rings is 2. The minimum absolute atomic E-state index is 0.0625. The number of imide groups is 2. The van der Waals surface area contributed by atoms with E-state index in [4.69, 9.17) is 0 Å². The molecule has 1 heterocycles. The van der Waals surface area contributed by atoms with Gasteiger partial charge in [-0.3, -0.25) is 14.9 Å². The number of barbiturate groups is 1. The zero-order valence-corrected chi connectivity index (χ0v) is 15.1. The smallest absolute Gasteiger partial charge is 0.273 e. The highest BCUT2D eigenvalue weighted by atomic mass is 79.9. The largest absolute Gasteiger partial charge is 0.335 e. The Labute approximate surface area is 158 Å².